The molecule has 0 unspecified atom stereocenters. The van der Waals surface area contributed by atoms with Gasteiger partial charge in [-0.05, 0) is 78.6 Å². The lowest BCUT2D eigenvalue weighted by Gasteiger charge is -2.12. The number of hydrogen-bond acceptors (Lipinski definition) is 4. The van der Waals surface area contributed by atoms with Crippen LogP contribution in [-0.2, 0) is 19.4 Å². The molecule has 2 aromatic carbocycles. The van der Waals surface area contributed by atoms with Gasteiger partial charge in [0.25, 0.3) is 5.91 Å². The number of ether oxygens (including phenoxy) is 2. The molecule has 0 fully saturated rings. The minimum absolute atomic E-state index is 0.0688. The number of fused-ring (bicyclic) bond motifs is 1. The van der Waals surface area contributed by atoms with Crippen molar-refractivity contribution < 1.29 is 23.0 Å². The number of halogens is 2. The van der Waals surface area contributed by atoms with Crippen molar-refractivity contribution in [1.82, 2.24) is 0 Å². The number of alkyl halides is 2. The van der Waals surface area contributed by atoms with Crippen molar-refractivity contribution in [1.29, 1.82) is 0 Å². The second-order valence-corrected chi connectivity index (χ2v) is 8.14. The van der Waals surface area contributed by atoms with Crippen LogP contribution in [0.15, 0.2) is 47.8 Å². The van der Waals surface area contributed by atoms with Gasteiger partial charge in [-0.25, -0.2) is 0 Å². The smallest absolute Gasteiger partial charge is 0.387 e. The van der Waals surface area contributed by atoms with Gasteiger partial charge in [0.05, 0.1) is 10.6 Å². The van der Waals surface area contributed by atoms with E-state index in [0.29, 0.717) is 11.5 Å². The first kappa shape index (κ1) is 20.3. The van der Waals surface area contributed by atoms with Crippen LogP contribution in [0, 0.1) is 6.92 Å². The second kappa shape index (κ2) is 8.83. The molecule has 1 amide bonds. The van der Waals surface area contributed by atoms with Crippen molar-refractivity contribution in [3.8, 4) is 11.5 Å². The third kappa shape index (κ3) is 4.79. The molecule has 0 bridgehead atoms. The Morgan fingerprint density at radius 3 is 2.80 bits per heavy atom. The van der Waals surface area contributed by atoms with Crippen LogP contribution < -0.4 is 14.8 Å². The van der Waals surface area contributed by atoms with E-state index in [1.807, 2.05) is 11.4 Å². The van der Waals surface area contributed by atoms with Gasteiger partial charge in [-0.15, -0.1) is 11.3 Å². The molecule has 1 aromatic heterocycles. The zero-order valence-electron chi connectivity index (χ0n) is 16.4. The average molecular weight is 429 g/mol. The summed E-state index contributed by atoms with van der Waals surface area (Å²) < 4.78 is 35.6. The molecular weight excluding hydrogens is 408 g/mol. The van der Waals surface area contributed by atoms with Crippen LogP contribution in [0.1, 0.15) is 38.3 Å². The van der Waals surface area contributed by atoms with E-state index in [-0.39, 0.29) is 17.3 Å². The second-order valence-electron chi connectivity index (χ2n) is 7.22. The summed E-state index contributed by atoms with van der Waals surface area (Å²) in [4.78, 5) is 13.1. The predicted octanol–water partition coefficient (Wildman–Crippen LogP) is 5.98. The molecule has 3 aromatic rings. The molecule has 4 rings (SSSR count). The van der Waals surface area contributed by atoms with Crippen LogP contribution in [0.5, 0.6) is 11.5 Å². The van der Waals surface area contributed by atoms with E-state index in [1.165, 1.54) is 35.0 Å². The molecule has 1 heterocycles. The summed E-state index contributed by atoms with van der Waals surface area (Å²) in [5, 5.41) is 4.52. The van der Waals surface area contributed by atoms with E-state index in [0.717, 1.165) is 29.7 Å². The zero-order valence-corrected chi connectivity index (χ0v) is 17.2. The van der Waals surface area contributed by atoms with Gasteiger partial charge in [0.1, 0.15) is 18.1 Å². The lowest BCUT2D eigenvalue weighted by molar-refractivity contribution is -0.0493. The Morgan fingerprint density at radius 2 is 1.97 bits per heavy atom. The molecule has 4 nitrogen and oxygen atoms in total. The molecule has 0 saturated carbocycles. The lowest BCUT2D eigenvalue weighted by Crippen LogP contribution is -2.13. The maximum atomic E-state index is 12.6. The summed E-state index contributed by atoms with van der Waals surface area (Å²) in [6.07, 6.45) is 3.40. The lowest BCUT2D eigenvalue weighted by atomic mass is 10.1. The van der Waals surface area contributed by atoms with Crippen LogP contribution in [-0.4, -0.2) is 12.5 Å². The highest BCUT2D eigenvalue weighted by atomic mass is 32.1. The molecule has 0 atom stereocenters. The topological polar surface area (TPSA) is 47.6 Å². The molecule has 7 heteroatoms. The highest BCUT2D eigenvalue weighted by Crippen LogP contribution is 2.29. The predicted molar refractivity (Wildman–Crippen MR) is 113 cm³/mol. The molecule has 1 aliphatic carbocycles. The molecular formula is C23H21F2NO3S. The van der Waals surface area contributed by atoms with E-state index in [4.69, 9.17) is 4.74 Å². The number of carbonyl (C=O) groups is 1. The van der Waals surface area contributed by atoms with Crippen LogP contribution in [0.2, 0.25) is 0 Å². The quantitative estimate of drug-likeness (QED) is 0.503. The molecule has 0 radical (unpaired) electrons. The van der Waals surface area contributed by atoms with Crippen molar-refractivity contribution in [3.63, 3.8) is 0 Å². The van der Waals surface area contributed by atoms with Crippen molar-refractivity contribution in [3.05, 3.63) is 75.0 Å². The van der Waals surface area contributed by atoms with Crippen molar-refractivity contribution in [2.45, 2.75) is 39.4 Å². The summed E-state index contributed by atoms with van der Waals surface area (Å²) >= 11 is 1.28. The number of hydrogen-bond donors (Lipinski definition) is 1. The van der Waals surface area contributed by atoms with Crippen LogP contribution in [0.3, 0.4) is 0 Å². The van der Waals surface area contributed by atoms with Crippen LogP contribution in [0.25, 0.3) is 0 Å². The van der Waals surface area contributed by atoms with Gasteiger partial charge in [0, 0.05) is 5.56 Å². The Hall–Kier alpha value is -2.93. The Bertz CT molecular complexity index is 1060. The van der Waals surface area contributed by atoms with E-state index in [1.54, 1.807) is 25.1 Å². The Kier molecular flexibility index (Phi) is 5.99. The summed E-state index contributed by atoms with van der Waals surface area (Å²) in [5.41, 5.74) is 4.64. The maximum Gasteiger partial charge on any atom is 0.387 e. The summed E-state index contributed by atoms with van der Waals surface area (Å²) in [6.45, 7) is -0.804. The molecule has 0 spiro atoms. The Labute approximate surface area is 177 Å². The van der Waals surface area contributed by atoms with Crippen molar-refractivity contribution in [2.75, 3.05) is 5.32 Å². The first-order valence-electron chi connectivity index (χ1n) is 9.67. The third-order valence-electron chi connectivity index (χ3n) is 4.95. The first-order chi connectivity index (χ1) is 14.5. The molecule has 1 N–H and O–H groups in total. The fourth-order valence-corrected chi connectivity index (χ4v) is 4.29. The largest absolute Gasteiger partial charge is 0.489 e. The molecule has 1 aliphatic rings. The Balaban J connectivity index is 1.40. The number of aryl methyl sites for hydroxylation is 3. The van der Waals surface area contributed by atoms with Gasteiger partial charge in [0.2, 0.25) is 0 Å². The number of carbonyl (C=O) groups excluding carboxylic acids is 1. The fourth-order valence-electron chi connectivity index (χ4n) is 3.50. The fraction of sp³-hybridized carbons (Fsp3) is 0.261. The van der Waals surface area contributed by atoms with Crippen LogP contribution >= 0.6 is 11.3 Å². The van der Waals surface area contributed by atoms with Crippen molar-refractivity contribution >= 4 is 22.9 Å². The molecule has 156 valence electrons. The third-order valence-corrected chi connectivity index (χ3v) is 5.93. The monoisotopic (exact) mass is 429 g/mol. The molecule has 0 aliphatic heterocycles. The summed E-state index contributed by atoms with van der Waals surface area (Å²) in [5.74, 6) is 0.371. The molecule has 30 heavy (non-hydrogen) atoms. The van der Waals surface area contributed by atoms with Gasteiger partial charge in [-0.2, -0.15) is 8.78 Å². The van der Waals surface area contributed by atoms with E-state index >= 15 is 0 Å². The average Bonchev–Trinajstić information content (AvgIpc) is 3.37. The Morgan fingerprint density at radius 1 is 1.13 bits per heavy atom. The van der Waals surface area contributed by atoms with E-state index in [9.17, 15) is 13.6 Å². The highest BCUT2D eigenvalue weighted by molar-refractivity contribution is 7.12. The standard InChI is InChI=1S/C23H21F2NO3S/c1-14-5-8-20(29-23(24)25)19(9-14)26-22(27)21-10-15(13-30-21)12-28-18-7-6-16-3-2-4-17(16)11-18/h5-11,13,23H,2-4,12H2,1H3,(H,26,27). The highest BCUT2D eigenvalue weighted by Gasteiger charge is 2.16. The van der Waals surface area contributed by atoms with Gasteiger partial charge >= 0.3 is 6.61 Å². The van der Waals surface area contributed by atoms with Crippen molar-refractivity contribution in [2.24, 2.45) is 0 Å². The van der Waals surface area contributed by atoms with Gasteiger partial charge in [-0.3, -0.25) is 4.79 Å². The normalized spacial score (nSPS) is 12.7. The number of rotatable bonds is 7. The minimum atomic E-state index is -2.96. The minimum Gasteiger partial charge on any atom is -0.489 e. The van der Waals surface area contributed by atoms with Crippen LogP contribution in [0.4, 0.5) is 14.5 Å². The first-order valence-corrected chi connectivity index (χ1v) is 10.5. The van der Waals surface area contributed by atoms with Gasteiger partial charge < -0.3 is 14.8 Å². The number of nitrogens with one attached hydrogen (secondary N) is 1. The number of thiophene rings is 1. The molecule has 0 saturated heterocycles. The summed E-state index contributed by atoms with van der Waals surface area (Å²) in [7, 11) is 0. The zero-order chi connectivity index (χ0) is 21.1. The maximum absolute atomic E-state index is 12.6. The van der Waals surface area contributed by atoms with E-state index in [2.05, 4.69) is 22.2 Å². The van der Waals surface area contributed by atoms with E-state index < -0.39 is 6.61 Å². The summed E-state index contributed by atoms with van der Waals surface area (Å²) in [6, 6.07) is 12.6. The van der Waals surface area contributed by atoms with Gasteiger partial charge in [-0.1, -0.05) is 12.1 Å². The van der Waals surface area contributed by atoms with Gasteiger partial charge in [0.15, 0.2) is 0 Å². The number of benzene rings is 2. The number of anilines is 1. The number of amides is 1. The SMILES string of the molecule is Cc1ccc(OC(F)F)c(NC(=O)c2cc(COc3ccc4c(c3)CCC4)cs2)c1.